The molecule has 0 radical (unpaired) electrons. The Morgan fingerprint density at radius 3 is 2.61 bits per heavy atom. The molecule has 1 aromatic heterocycles. The second-order valence-corrected chi connectivity index (χ2v) is 5.75. The molecular weight excluding hydrogens is 222 g/mol. The molecule has 1 aliphatic rings. The van der Waals surface area contributed by atoms with Crippen LogP contribution in [0.3, 0.4) is 0 Å². The zero-order valence-corrected chi connectivity index (χ0v) is 12.3. The van der Waals surface area contributed by atoms with Gasteiger partial charge in [-0.25, -0.2) is 0 Å². The molecule has 0 spiro atoms. The van der Waals surface area contributed by atoms with Gasteiger partial charge in [0.1, 0.15) is 11.5 Å². The van der Waals surface area contributed by atoms with Crippen LogP contribution in [-0.4, -0.2) is 7.05 Å². The smallest absolute Gasteiger partial charge is 0.105 e. The highest BCUT2D eigenvalue weighted by atomic mass is 16.3. The van der Waals surface area contributed by atoms with Gasteiger partial charge in [0.25, 0.3) is 0 Å². The van der Waals surface area contributed by atoms with Crippen molar-refractivity contribution < 1.29 is 4.42 Å². The Morgan fingerprint density at radius 1 is 1.33 bits per heavy atom. The summed E-state index contributed by atoms with van der Waals surface area (Å²) in [5.74, 6) is 3.76. The molecule has 2 nitrogen and oxygen atoms in total. The number of hydrogen-bond donors (Lipinski definition) is 1. The molecule has 1 heterocycles. The van der Waals surface area contributed by atoms with Gasteiger partial charge in [-0.1, -0.05) is 32.6 Å². The molecule has 3 atom stereocenters. The first kappa shape index (κ1) is 13.7. The standard InChI is InChI=1S/C16H27NO/c1-5-13-8-6-7-9-14(13)16(17-4)15-10-11(2)18-12(15)3/h10,13-14,16-17H,5-9H2,1-4H3. The number of furan rings is 1. The molecule has 0 bridgehead atoms. The van der Waals surface area contributed by atoms with Crippen LogP contribution in [-0.2, 0) is 0 Å². The van der Waals surface area contributed by atoms with Gasteiger partial charge in [0.05, 0.1) is 0 Å². The summed E-state index contributed by atoms with van der Waals surface area (Å²) in [6, 6.07) is 2.69. The molecule has 0 saturated heterocycles. The summed E-state index contributed by atoms with van der Waals surface area (Å²) in [7, 11) is 2.09. The molecule has 1 aromatic rings. The third kappa shape index (κ3) is 2.64. The van der Waals surface area contributed by atoms with Gasteiger partial charge >= 0.3 is 0 Å². The van der Waals surface area contributed by atoms with E-state index in [0.717, 1.165) is 23.4 Å². The topological polar surface area (TPSA) is 25.2 Å². The van der Waals surface area contributed by atoms with Crippen molar-refractivity contribution in [2.75, 3.05) is 7.05 Å². The van der Waals surface area contributed by atoms with Crippen LogP contribution in [0.25, 0.3) is 0 Å². The van der Waals surface area contributed by atoms with E-state index in [2.05, 4.69) is 32.3 Å². The molecule has 1 fully saturated rings. The van der Waals surface area contributed by atoms with E-state index >= 15 is 0 Å². The van der Waals surface area contributed by atoms with E-state index in [9.17, 15) is 0 Å². The fourth-order valence-corrected chi connectivity index (χ4v) is 3.74. The van der Waals surface area contributed by atoms with Gasteiger partial charge in [-0.15, -0.1) is 0 Å². The van der Waals surface area contributed by atoms with Crippen LogP contribution in [0.5, 0.6) is 0 Å². The number of hydrogen-bond acceptors (Lipinski definition) is 2. The Morgan fingerprint density at radius 2 is 2.06 bits per heavy atom. The lowest BCUT2D eigenvalue weighted by molar-refractivity contribution is 0.179. The Balaban J connectivity index is 2.24. The Kier molecular flexibility index (Phi) is 4.50. The highest BCUT2D eigenvalue weighted by molar-refractivity contribution is 5.25. The van der Waals surface area contributed by atoms with Gasteiger partial charge in [-0.05, 0) is 45.2 Å². The predicted octanol–water partition coefficient (Wildman–Crippen LogP) is 4.37. The SMILES string of the molecule is CCC1CCCCC1C(NC)c1cc(C)oc1C. The lowest BCUT2D eigenvalue weighted by Crippen LogP contribution is -2.32. The monoisotopic (exact) mass is 249 g/mol. The van der Waals surface area contributed by atoms with Crippen molar-refractivity contribution in [3.8, 4) is 0 Å². The first-order valence-electron chi connectivity index (χ1n) is 7.41. The van der Waals surface area contributed by atoms with Crippen molar-refractivity contribution in [2.24, 2.45) is 11.8 Å². The fourth-order valence-electron chi connectivity index (χ4n) is 3.74. The van der Waals surface area contributed by atoms with Crippen molar-refractivity contribution >= 4 is 0 Å². The van der Waals surface area contributed by atoms with Crippen LogP contribution in [0.4, 0.5) is 0 Å². The minimum Gasteiger partial charge on any atom is -0.466 e. The van der Waals surface area contributed by atoms with Crippen molar-refractivity contribution in [1.29, 1.82) is 0 Å². The zero-order chi connectivity index (χ0) is 13.1. The van der Waals surface area contributed by atoms with Crippen LogP contribution >= 0.6 is 0 Å². The van der Waals surface area contributed by atoms with Crippen LogP contribution in [0.15, 0.2) is 10.5 Å². The lowest BCUT2D eigenvalue weighted by atomic mass is 9.72. The third-order valence-electron chi connectivity index (χ3n) is 4.65. The van der Waals surface area contributed by atoms with Crippen molar-refractivity contribution in [3.63, 3.8) is 0 Å². The second-order valence-electron chi connectivity index (χ2n) is 5.75. The largest absolute Gasteiger partial charge is 0.466 e. The summed E-state index contributed by atoms with van der Waals surface area (Å²) in [6.45, 7) is 6.47. The van der Waals surface area contributed by atoms with Crippen LogP contribution in [0, 0.1) is 25.7 Å². The van der Waals surface area contributed by atoms with E-state index in [4.69, 9.17) is 4.42 Å². The third-order valence-corrected chi connectivity index (χ3v) is 4.65. The van der Waals surface area contributed by atoms with Gasteiger partial charge in [-0.2, -0.15) is 0 Å². The average Bonchev–Trinajstić information content (AvgIpc) is 2.70. The summed E-state index contributed by atoms with van der Waals surface area (Å²) in [4.78, 5) is 0. The molecule has 1 saturated carbocycles. The van der Waals surface area contributed by atoms with Gasteiger partial charge in [0.15, 0.2) is 0 Å². The molecule has 3 unspecified atom stereocenters. The van der Waals surface area contributed by atoms with Crippen molar-refractivity contribution in [2.45, 2.75) is 58.9 Å². The van der Waals surface area contributed by atoms with Crippen LogP contribution in [0.2, 0.25) is 0 Å². The van der Waals surface area contributed by atoms with E-state index in [1.54, 1.807) is 0 Å². The minimum absolute atomic E-state index is 0.465. The highest BCUT2D eigenvalue weighted by Gasteiger charge is 2.32. The molecule has 2 heteroatoms. The molecule has 1 N–H and O–H groups in total. The second kappa shape index (κ2) is 5.92. The maximum atomic E-state index is 5.72. The first-order valence-corrected chi connectivity index (χ1v) is 7.41. The summed E-state index contributed by atoms with van der Waals surface area (Å²) >= 11 is 0. The average molecular weight is 249 g/mol. The quantitative estimate of drug-likeness (QED) is 0.857. The molecule has 1 aliphatic carbocycles. The Hall–Kier alpha value is -0.760. The highest BCUT2D eigenvalue weighted by Crippen LogP contribution is 2.41. The van der Waals surface area contributed by atoms with E-state index in [1.165, 1.54) is 37.7 Å². The predicted molar refractivity (Wildman–Crippen MR) is 75.7 cm³/mol. The summed E-state index contributed by atoms with van der Waals surface area (Å²) in [6.07, 6.45) is 6.85. The number of rotatable bonds is 4. The van der Waals surface area contributed by atoms with Crippen molar-refractivity contribution in [3.05, 3.63) is 23.2 Å². The van der Waals surface area contributed by atoms with Crippen LogP contribution in [0.1, 0.15) is 62.2 Å². The number of nitrogens with one attached hydrogen (secondary N) is 1. The molecule has 18 heavy (non-hydrogen) atoms. The van der Waals surface area contributed by atoms with E-state index in [-0.39, 0.29) is 0 Å². The van der Waals surface area contributed by atoms with E-state index in [1.807, 2.05) is 6.92 Å². The maximum Gasteiger partial charge on any atom is 0.105 e. The lowest BCUT2D eigenvalue weighted by Gasteiger charge is -2.36. The van der Waals surface area contributed by atoms with Gasteiger partial charge in [-0.3, -0.25) is 0 Å². The minimum atomic E-state index is 0.465. The Bertz CT molecular complexity index is 382. The zero-order valence-electron chi connectivity index (χ0n) is 12.3. The summed E-state index contributed by atoms with van der Waals surface area (Å²) in [5, 5.41) is 3.55. The van der Waals surface area contributed by atoms with Gasteiger partial charge in [0.2, 0.25) is 0 Å². The molecule has 0 amide bonds. The van der Waals surface area contributed by atoms with E-state index in [0.29, 0.717) is 6.04 Å². The fraction of sp³-hybridized carbons (Fsp3) is 0.750. The molecule has 0 aromatic carbocycles. The van der Waals surface area contributed by atoms with Crippen LogP contribution < -0.4 is 5.32 Å². The maximum absolute atomic E-state index is 5.72. The summed E-state index contributed by atoms with van der Waals surface area (Å²) < 4.78 is 5.72. The Labute approximate surface area is 111 Å². The summed E-state index contributed by atoms with van der Waals surface area (Å²) in [5.41, 5.74) is 1.38. The molecule has 102 valence electrons. The number of aryl methyl sites for hydroxylation is 2. The molecule has 2 rings (SSSR count). The van der Waals surface area contributed by atoms with Gasteiger partial charge in [0, 0.05) is 11.6 Å². The van der Waals surface area contributed by atoms with Crippen molar-refractivity contribution in [1.82, 2.24) is 5.32 Å². The van der Waals surface area contributed by atoms with Gasteiger partial charge < -0.3 is 9.73 Å². The normalized spacial score (nSPS) is 26.2. The molecule has 0 aliphatic heterocycles. The molecular formula is C16H27NO. The first-order chi connectivity index (χ1) is 8.67. The van der Waals surface area contributed by atoms with E-state index < -0.39 is 0 Å².